The highest BCUT2D eigenvalue weighted by Gasteiger charge is 2.19. The first-order valence-electron chi connectivity index (χ1n) is 22.7. The van der Waals surface area contributed by atoms with Gasteiger partial charge in [-0.1, -0.05) is 151 Å². The number of aromatic nitrogens is 4. The van der Waals surface area contributed by atoms with Crippen LogP contribution in [0.5, 0.6) is 0 Å². The third-order valence-corrected chi connectivity index (χ3v) is 8.13. The Hall–Kier alpha value is -6.65. The number of rotatable bonds is 6. The smallest absolute Gasteiger partial charge is 0.164 e. The molecule has 0 saturated heterocycles. The molecular formula is C45H30N4. The Balaban J connectivity index is 1.40. The van der Waals surface area contributed by atoms with Crippen molar-refractivity contribution in [3.63, 3.8) is 0 Å². The summed E-state index contributed by atoms with van der Waals surface area (Å²) in [6.45, 7) is 0. The van der Waals surface area contributed by atoms with Crippen LogP contribution in [0.1, 0.15) is 20.6 Å². The molecule has 9 aromatic rings. The molecule has 0 amide bonds. The van der Waals surface area contributed by atoms with Crippen LogP contribution in [0.25, 0.3) is 83.9 Å². The van der Waals surface area contributed by atoms with Crippen molar-refractivity contribution in [2.75, 3.05) is 0 Å². The van der Waals surface area contributed by atoms with Gasteiger partial charge in [-0.2, -0.15) is 0 Å². The van der Waals surface area contributed by atoms with Gasteiger partial charge in [0.2, 0.25) is 0 Å². The summed E-state index contributed by atoms with van der Waals surface area (Å²) in [5.74, 6) is -1.21. The van der Waals surface area contributed by atoms with Gasteiger partial charge in [-0.15, -0.1) is 0 Å². The zero-order chi connectivity index (χ0) is 45.6. The Morgan fingerprint density at radius 2 is 0.918 bits per heavy atom. The summed E-state index contributed by atoms with van der Waals surface area (Å²) in [5.41, 5.74) is 2.87. The molecule has 7 aromatic carbocycles. The van der Waals surface area contributed by atoms with Crippen LogP contribution in [-0.2, 0) is 0 Å². The number of nitrogens with zero attached hydrogens (tertiary/aromatic N) is 4. The lowest BCUT2D eigenvalue weighted by atomic mass is 9.99. The second-order valence-electron chi connectivity index (χ2n) is 11.0. The molecule has 49 heavy (non-hydrogen) atoms. The molecule has 0 atom stereocenters. The van der Waals surface area contributed by atoms with E-state index in [-0.39, 0.29) is 22.5 Å². The van der Waals surface area contributed by atoms with E-state index in [1.54, 1.807) is 12.1 Å². The maximum Gasteiger partial charge on any atom is 0.164 e. The summed E-state index contributed by atoms with van der Waals surface area (Å²) in [6.07, 6.45) is 0. The first kappa shape index (κ1) is 17.0. The molecule has 0 aliphatic carbocycles. The Bertz CT molecular complexity index is 3290. The van der Waals surface area contributed by atoms with Gasteiger partial charge in [0.1, 0.15) is 0 Å². The van der Waals surface area contributed by atoms with E-state index in [0.717, 1.165) is 32.9 Å². The number of hydrogen-bond donors (Lipinski definition) is 0. The van der Waals surface area contributed by atoms with E-state index < -0.39 is 113 Å². The minimum atomic E-state index is -0.697. The summed E-state index contributed by atoms with van der Waals surface area (Å²) in [4.78, 5) is 13.5. The summed E-state index contributed by atoms with van der Waals surface area (Å²) in [6, 6.07) is 18.5. The molecule has 0 spiro atoms. The summed E-state index contributed by atoms with van der Waals surface area (Å²) >= 11 is 0. The van der Waals surface area contributed by atoms with Crippen molar-refractivity contribution >= 4 is 21.8 Å². The van der Waals surface area contributed by atoms with Gasteiger partial charge in [-0.3, -0.25) is 0 Å². The van der Waals surface area contributed by atoms with Crippen LogP contribution in [0.3, 0.4) is 0 Å². The average Bonchev–Trinajstić information content (AvgIpc) is 3.64. The van der Waals surface area contributed by atoms with Crippen molar-refractivity contribution in [2.45, 2.75) is 0 Å². The van der Waals surface area contributed by atoms with Crippen LogP contribution in [-0.4, -0.2) is 19.5 Å². The maximum atomic E-state index is 9.14. The molecule has 2 heterocycles. The van der Waals surface area contributed by atoms with Crippen LogP contribution < -0.4 is 0 Å². The zero-order valence-corrected chi connectivity index (χ0v) is 25.4. The van der Waals surface area contributed by atoms with Gasteiger partial charge in [0, 0.05) is 33.0 Å². The normalized spacial score (nSPS) is 15.6. The topological polar surface area (TPSA) is 43.6 Å². The number of hydrogen-bond acceptors (Lipinski definition) is 3. The van der Waals surface area contributed by atoms with E-state index in [2.05, 4.69) is 15.0 Å². The second kappa shape index (κ2) is 12.2. The molecule has 230 valence electrons. The molecule has 0 saturated carbocycles. The van der Waals surface area contributed by atoms with E-state index >= 15 is 0 Å². The minimum absolute atomic E-state index is 0.112. The largest absolute Gasteiger partial charge is 0.309 e. The average molecular weight is 642 g/mol. The van der Waals surface area contributed by atoms with Gasteiger partial charge in [0.05, 0.1) is 37.3 Å². The molecule has 0 aliphatic rings. The molecule has 9 rings (SSSR count). The molecule has 0 unspecified atom stereocenters. The Kier molecular flexibility index (Phi) is 4.21. The molecule has 0 bridgehead atoms. The lowest BCUT2D eigenvalue weighted by Crippen LogP contribution is -2.02. The Morgan fingerprint density at radius 1 is 0.388 bits per heavy atom. The van der Waals surface area contributed by atoms with Gasteiger partial charge in [-0.25, -0.2) is 15.0 Å². The number of para-hydroxylation sites is 1. The van der Waals surface area contributed by atoms with Gasteiger partial charge < -0.3 is 4.57 Å². The summed E-state index contributed by atoms with van der Waals surface area (Å²) in [5, 5.41) is 1.74. The molecule has 0 aliphatic heterocycles. The first-order valence-corrected chi connectivity index (χ1v) is 15.2. The SMILES string of the molecule is [2H]c1c([2H])c([2H])c(-c2nc(-c3ccc(-n4c5ccccc5c5ccc(-c6ccccc6)cc54)c(-c4c([2H])c([2H])c([2H])c([2H])c4[2H])c3)nc(-c3c([2H])c([2H])c([2H])c([2H])c3[2H])n2)c([2H])c1[2H]. The van der Waals surface area contributed by atoms with Crippen LogP contribution in [0.4, 0.5) is 0 Å². The lowest BCUT2D eigenvalue weighted by Gasteiger charge is -2.16. The fourth-order valence-corrected chi connectivity index (χ4v) is 5.95. The van der Waals surface area contributed by atoms with Crippen LogP contribution in [0.2, 0.25) is 0 Å². The quantitative estimate of drug-likeness (QED) is 0.181. The van der Waals surface area contributed by atoms with Gasteiger partial charge in [-0.05, 0) is 47.0 Å². The van der Waals surface area contributed by atoms with Crippen molar-refractivity contribution < 1.29 is 20.6 Å². The van der Waals surface area contributed by atoms with E-state index in [9.17, 15) is 0 Å². The van der Waals surface area contributed by atoms with Crippen molar-refractivity contribution in [1.29, 1.82) is 0 Å². The third-order valence-electron chi connectivity index (χ3n) is 8.13. The zero-order valence-electron chi connectivity index (χ0n) is 40.4. The number of fused-ring (bicyclic) bond motifs is 3. The van der Waals surface area contributed by atoms with Crippen molar-refractivity contribution in [3.8, 4) is 62.1 Å². The molecule has 0 radical (unpaired) electrons. The highest BCUT2D eigenvalue weighted by Crippen LogP contribution is 2.39. The van der Waals surface area contributed by atoms with E-state index in [1.807, 2.05) is 77.4 Å². The lowest BCUT2D eigenvalue weighted by molar-refractivity contribution is 1.07. The fourth-order valence-electron chi connectivity index (χ4n) is 5.95. The van der Waals surface area contributed by atoms with Crippen LogP contribution in [0.15, 0.2) is 182 Å². The third kappa shape index (κ3) is 5.26. The van der Waals surface area contributed by atoms with Gasteiger partial charge in [0.25, 0.3) is 0 Å². The highest BCUT2D eigenvalue weighted by atomic mass is 15.0. The fraction of sp³-hybridized carbons (Fsp3) is 0. The molecular weight excluding hydrogens is 597 g/mol. The molecule has 4 nitrogen and oxygen atoms in total. The van der Waals surface area contributed by atoms with Gasteiger partial charge >= 0.3 is 0 Å². The monoisotopic (exact) mass is 641 g/mol. The second-order valence-corrected chi connectivity index (χ2v) is 11.0. The van der Waals surface area contributed by atoms with Crippen LogP contribution in [0, 0.1) is 0 Å². The predicted molar refractivity (Wildman–Crippen MR) is 201 cm³/mol. The number of benzene rings is 7. The van der Waals surface area contributed by atoms with Crippen molar-refractivity contribution in [2.24, 2.45) is 0 Å². The summed E-state index contributed by atoms with van der Waals surface area (Å²) < 4.78 is 131. The Labute approximate surface area is 305 Å². The highest BCUT2D eigenvalue weighted by molar-refractivity contribution is 6.10. The molecule has 2 aromatic heterocycles. The van der Waals surface area contributed by atoms with E-state index in [0.29, 0.717) is 5.69 Å². The van der Waals surface area contributed by atoms with Crippen molar-refractivity contribution in [1.82, 2.24) is 19.5 Å². The molecule has 0 N–H and O–H groups in total. The Morgan fingerprint density at radius 3 is 1.57 bits per heavy atom. The van der Waals surface area contributed by atoms with Crippen molar-refractivity contribution in [3.05, 3.63) is 182 Å². The predicted octanol–water partition coefficient (Wildman–Crippen LogP) is 11.3. The van der Waals surface area contributed by atoms with E-state index in [4.69, 9.17) is 20.6 Å². The van der Waals surface area contributed by atoms with Gasteiger partial charge in [0.15, 0.2) is 17.5 Å². The minimum Gasteiger partial charge on any atom is -0.309 e. The van der Waals surface area contributed by atoms with E-state index in [1.165, 1.54) is 6.07 Å². The summed E-state index contributed by atoms with van der Waals surface area (Å²) in [7, 11) is 0. The van der Waals surface area contributed by atoms with Crippen LogP contribution >= 0.6 is 0 Å². The maximum absolute atomic E-state index is 9.14. The molecule has 0 fully saturated rings. The molecule has 4 heteroatoms. The standard InChI is InChI=1S/C45H30N4/c1-5-15-31(16-6-1)35-25-27-38-37-23-13-14-24-40(37)49(42(38)30-35)41-28-26-36(29-39(41)32-17-7-2-8-18-32)45-47-43(33-19-9-3-10-20-33)46-44(48-45)34-21-11-4-12-22-34/h1-30H/i2D,3D,4D,7D,8D,9D,10D,11D,12D,17D,18D,19D,20D,21D,22D. The first-order chi connectivity index (χ1) is 30.5.